The zero-order valence-corrected chi connectivity index (χ0v) is 9.06. The van der Waals surface area contributed by atoms with Crippen LogP contribution in [0.25, 0.3) is 6.08 Å². The van der Waals surface area contributed by atoms with Gasteiger partial charge in [-0.1, -0.05) is 0 Å². The molecule has 5 nitrogen and oxygen atoms in total. The summed E-state index contributed by atoms with van der Waals surface area (Å²) in [6, 6.07) is 1.82. The van der Waals surface area contributed by atoms with Gasteiger partial charge in [-0.25, -0.2) is 0 Å². The zero-order chi connectivity index (χ0) is 12.4. The Morgan fingerprint density at radius 2 is 2.35 bits per heavy atom. The molecule has 2 rings (SSSR count). The van der Waals surface area contributed by atoms with Crippen molar-refractivity contribution in [1.29, 1.82) is 5.26 Å². The number of nitriles is 1. The molecule has 84 valence electrons. The van der Waals surface area contributed by atoms with Crippen LogP contribution in [-0.2, 0) is 0 Å². The van der Waals surface area contributed by atoms with Crippen LogP contribution in [0, 0.1) is 18.3 Å². The number of aliphatic imine (C=N–C) groups is 1. The normalized spacial score (nSPS) is 15.4. The Kier molecular flexibility index (Phi) is 2.63. The van der Waals surface area contributed by atoms with Gasteiger partial charge in [0.05, 0.1) is 5.70 Å². The SMILES string of the molecule is Cc1c(/C=C2/C=CC=N2)c(O)[nH]c(=O)c1C#N. The summed E-state index contributed by atoms with van der Waals surface area (Å²) in [6.07, 6.45) is 6.75. The van der Waals surface area contributed by atoms with E-state index >= 15 is 0 Å². The molecule has 1 aromatic rings. The number of hydrogen-bond acceptors (Lipinski definition) is 4. The Morgan fingerprint density at radius 1 is 1.59 bits per heavy atom. The Bertz CT molecular complexity index is 644. The first-order valence-corrected chi connectivity index (χ1v) is 4.92. The third kappa shape index (κ3) is 1.88. The van der Waals surface area contributed by atoms with E-state index in [0.29, 0.717) is 16.8 Å². The second kappa shape index (κ2) is 4.10. The molecular weight excluding hydrogens is 218 g/mol. The first-order valence-electron chi connectivity index (χ1n) is 4.92. The third-order valence-corrected chi connectivity index (χ3v) is 2.47. The van der Waals surface area contributed by atoms with Crippen LogP contribution in [-0.4, -0.2) is 16.3 Å². The molecule has 0 saturated heterocycles. The van der Waals surface area contributed by atoms with E-state index in [1.54, 1.807) is 31.4 Å². The minimum absolute atomic E-state index is 0.000561. The molecule has 5 heteroatoms. The quantitative estimate of drug-likeness (QED) is 0.756. The highest BCUT2D eigenvalue weighted by atomic mass is 16.3. The number of aromatic nitrogens is 1. The molecule has 2 N–H and O–H groups in total. The van der Waals surface area contributed by atoms with Crippen LogP contribution in [0.2, 0.25) is 0 Å². The second-order valence-electron chi connectivity index (χ2n) is 3.53. The Balaban J connectivity index is 2.67. The van der Waals surface area contributed by atoms with Crippen molar-refractivity contribution in [1.82, 2.24) is 4.98 Å². The van der Waals surface area contributed by atoms with E-state index in [2.05, 4.69) is 9.98 Å². The van der Waals surface area contributed by atoms with Gasteiger partial charge in [0.15, 0.2) is 5.88 Å². The number of H-pyrrole nitrogens is 1. The van der Waals surface area contributed by atoms with E-state index in [1.807, 2.05) is 6.07 Å². The predicted octanol–water partition coefficient (Wildman–Crippen LogP) is 1.24. The first kappa shape index (κ1) is 10.9. The summed E-state index contributed by atoms with van der Waals surface area (Å²) in [5, 5.41) is 18.5. The van der Waals surface area contributed by atoms with Gasteiger partial charge in [-0.2, -0.15) is 5.26 Å². The largest absolute Gasteiger partial charge is 0.494 e. The first-order chi connectivity index (χ1) is 8.13. The summed E-state index contributed by atoms with van der Waals surface area (Å²) in [6.45, 7) is 1.61. The minimum Gasteiger partial charge on any atom is -0.494 e. The fourth-order valence-electron chi connectivity index (χ4n) is 1.58. The van der Waals surface area contributed by atoms with E-state index in [1.165, 1.54) is 0 Å². The molecule has 0 bridgehead atoms. The molecule has 0 unspecified atom stereocenters. The number of nitrogens with one attached hydrogen (secondary N) is 1. The summed E-state index contributed by atoms with van der Waals surface area (Å²) < 4.78 is 0. The van der Waals surface area contributed by atoms with E-state index in [0.717, 1.165) is 0 Å². The number of allylic oxidation sites excluding steroid dienone is 2. The van der Waals surface area contributed by atoms with Crippen LogP contribution in [0.4, 0.5) is 0 Å². The average molecular weight is 227 g/mol. The summed E-state index contributed by atoms with van der Waals surface area (Å²) >= 11 is 0. The van der Waals surface area contributed by atoms with Gasteiger partial charge in [0.1, 0.15) is 11.6 Å². The van der Waals surface area contributed by atoms with Gasteiger partial charge in [0.2, 0.25) is 0 Å². The van der Waals surface area contributed by atoms with Crippen molar-refractivity contribution in [3.63, 3.8) is 0 Å². The topological polar surface area (TPSA) is 89.2 Å². The van der Waals surface area contributed by atoms with Crippen LogP contribution >= 0.6 is 0 Å². The standard InChI is InChI=1S/C12H9N3O2/c1-7-9(5-8-3-2-4-14-8)11(16)15-12(17)10(7)6-13/h2-5H,1H3,(H2,15,16,17)/b8-5-. The number of rotatable bonds is 1. The summed E-state index contributed by atoms with van der Waals surface area (Å²) in [5.74, 6) is -0.255. The monoisotopic (exact) mass is 227 g/mol. The van der Waals surface area contributed by atoms with Crippen molar-refractivity contribution in [3.8, 4) is 11.9 Å². The maximum Gasteiger partial charge on any atom is 0.268 e. The molecule has 0 aliphatic carbocycles. The average Bonchev–Trinajstić information content (AvgIpc) is 2.77. The van der Waals surface area contributed by atoms with Gasteiger partial charge in [0.25, 0.3) is 5.56 Å². The van der Waals surface area contributed by atoms with Crippen molar-refractivity contribution >= 4 is 12.3 Å². The van der Waals surface area contributed by atoms with Gasteiger partial charge < -0.3 is 5.11 Å². The maximum atomic E-state index is 11.4. The highest BCUT2D eigenvalue weighted by Crippen LogP contribution is 2.23. The molecule has 1 aliphatic rings. The minimum atomic E-state index is -0.588. The molecular formula is C12H9N3O2. The van der Waals surface area contributed by atoms with Crippen LogP contribution in [0.5, 0.6) is 5.88 Å². The fourth-order valence-corrected chi connectivity index (χ4v) is 1.58. The Morgan fingerprint density at radius 3 is 2.94 bits per heavy atom. The number of pyridine rings is 1. The summed E-state index contributed by atoms with van der Waals surface area (Å²) in [5.41, 5.74) is 0.909. The lowest BCUT2D eigenvalue weighted by Gasteiger charge is -2.05. The van der Waals surface area contributed by atoms with E-state index in [-0.39, 0.29) is 11.4 Å². The second-order valence-corrected chi connectivity index (χ2v) is 3.53. The number of hydrogen-bond donors (Lipinski definition) is 2. The highest BCUT2D eigenvalue weighted by molar-refractivity contribution is 5.80. The Labute approximate surface area is 97.1 Å². The molecule has 17 heavy (non-hydrogen) atoms. The lowest BCUT2D eigenvalue weighted by Crippen LogP contribution is -2.13. The maximum absolute atomic E-state index is 11.4. The van der Waals surface area contributed by atoms with Gasteiger partial charge in [-0.3, -0.25) is 14.8 Å². The smallest absolute Gasteiger partial charge is 0.268 e. The molecule has 0 fully saturated rings. The van der Waals surface area contributed by atoms with Crippen LogP contribution < -0.4 is 5.56 Å². The van der Waals surface area contributed by atoms with Gasteiger partial charge in [-0.15, -0.1) is 0 Å². The number of aromatic hydroxyl groups is 1. The predicted molar refractivity (Wildman–Crippen MR) is 63.8 cm³/mol. The van der Waals surface area contributed by atoms with Crippen LogP contribution in [0.1, 0.15) is 16.7 Å². The third-order valence-electron chi connectivity index (χ3n) is 2.47. The Hall–Kier alpha value is -2.61. The van der Waals surface area contributed by atoms with Crippen LogP contribution in [0.3, 0.4) is 0 Å². The lowest BCUT2D eigenvalue weighted by molar-refractivity contribution is 0.449. The molecule has 0 amide bonds. The van der Waals surface area contributed by atoms with Crippen LogP contribution in [0.15, 0.2) is 27.6 Å². The van der Waals surface area contributed by atoms with Gasteiger partial charge >= 0.3 is 0 Å². The lowest BCUT2D eigenvalue weighted by atomic mass is 10.0. The molecule has 0 radical (unpaired) electrons. The van der Waals surface area contributed by atoms with Crippen molar-refractivity contribution in [3.05, 3.63) is 44.9 Å². The van der Waals surface area contributed by atoms with Crippen molar-refractivity contribution in [2.75, 3.05) is 0 Å². The van der Waals surface area contributed by atoms with E-state index in [9.17, 15) is 9.90 Å². The zero-order valence-electron chi connectivity index (χ0n) is 9.06. The molecule has 0 atom stereocenters. The fraction of sp³-hybridized carbons (Fsp3) is 0.0833. The van der Waals surface area contributed by atoms with Crippen molar-refractivity contribution < 1.29 is 5.11 Å². The van der Waals surface area contributed by atoms with Crippen molar-refractivity contribution in [2.45, 2.75) is 6.92 Å². The highest BCUT2D eigenvalue weighted by Gasteiger charge is 2.12. The summed E-state index contributed by atoms with van der Waals surface area (Å²) in [4.78, 5) is 17.6. The number of nitrogens with zero attached hydrogens (tertiary/aromatic N) is 2. The van der Waals surface area contributed by atoms with Crippen molar-refractivity contribution in [2.24, 2.45) is 4.99 Å². The molecule has 2 heterocycles. The van der Waals surface area contributed by atoms with Gasteiger partial charge in [-0.05, 0) is 30.7 Å². The van der Waals surface area contributed by atoms with Gasteiger partial charge in [0, 0.05) is 11.8 Å². The molecule has 0 saturated carbocycles. The molecule has 1 aliphatic heterocycles. The number of aromatic amines is 1. The molecule has 1 aromatic heterocycles. The molecule has 0 spiro atoms. The molecule has 0 aromatic carbocycles. The van der Waals surface area contributed by atoms with E-state index in [4.69, 9.17) is 5.26 Å². The van der Waals surface area contributed by atoms with E-state index < -0.39 is 5.56 Å². The summed E-state index contributed by atoms with van der Waals surface area (Å²) in [7, 11) is 0.